The average molecular weight is 306 g/mol. The van der Waals surface area contributed by atoms with E-state index in [1.807, 2.05) is 0 Å². The summed E-state index contributed by atoms with van der Waals surface area (Å²) in [5, 5.41) is 0. The number of unbranched alkanes of at least 4 members (excludes halogenated alkanes) is 2. The van der Waals surface area contributed by atoms with Crippen molar-refractivity contribution in [3.05, 3.63) is 0 Å². The van der Waals surface area contributed by atoms with E-state index in [0.717, 1.165) is 4.48 Å². The fourth-order valence-electron chi connectivity index (χ4n) is 1.11. The van der Waals surface area contributed by atoms with Crippen molar-refractivity contribution < 1.29 is 37.2 Å². The molecular formula is C13H33N2Y+. The predicted molar refractivity (Wildman–Crippen MR) is 71.3 cm³/mol. The molecule has 3 heteroatoms. The molecule has 0 aromatic carbocycles. The van der Waals surface area contributed by atoms with Crippen LogP contribution in [0.3, 0.4) is 0 Å². The molecule has 0 aromatic heterocycles. The second-order valence-electron chi connectivity index (χ2n) is 5.52. The Kier molecular flexibility index (Phi) is 19.6. The average Bonchev–Trinajstić information content (AvgIpc) is 2.11. The minimum atomic E-state index is 0. The molecule has 0 spiro atoms. The van der Waals surface area contributed by atoms with Crippen molar-refractivity contribution in [2.75, 3.05) is 48.3 Å². The Morgan fingerprint density at radius 2 is 1.31 bits per heavy atom. The van der Waals surface area contributed by atoms with E-state index in [4.69, 9.17) is 0 Å². The van der Waals surface area contributed by atoms with Gasteiger partial charge in [-0.2, -0.15) is 0 Å². The minimum Gasteiger partial charge on any atom is -0.331 e. The molecule has 16 heavy (non-hydrogen) atoms. The van der Waals surface area contributed by atoms with Crippen molar-refractivity contribution in [2.24, 2.45) is 0 Å². The van der Waals surface area contributed by atoms with Gasteiger partial charge in [0.25, 0.3) is 0 Å². The van der Waals surface area contributed by atoms with E-state index in [1.54, 1.807) is 0 Å². The molecule has 0 N–H and O–H groups in total. The van der Waals surface area contributed by atoms with Crippen LogP contribution in [-0.2, 0) is 32.7 Å². The van der Waals surface area contributed by atoms with Gasteiger partial charge in [0.1, 0.15) is 0 Å². The first-order chi connectivity index (χ1) is 6.83. The van der Waals surface area contributed by atoms with Gasteiger partial charge in [-0.15, -0.1) is 0 Å². The Balaban J connectivity index is -0.000000200. The summed E-state index contributed by atoms with van der Waals surface area (Å²) in [5.74, 6) is 0. The number of hydrogen-bond donors (Lipinski definition) is 0. The third kappa shape index (κ3) is 29.4. The van der Waals surface area contributed by atoms with Gasteiger partial charge in [-0.25, -0.2) is 0 Å². The molecule has 0 saturated carbocycles. The van der Waals surface area contributed by atoms with Gasteiger partial charge >= 0.3 is 0 Å². The largest absolute Gasteiger partial charge is 0.331 e. The molecule has 0 aliphatic carbocycles. The second kappa shape index (κ2) is 14.1. The minimum absolute atomic E-state index is 0. The predicted octanol–water partition coefficient (Wildman–Crippen LogP) is 2.84. The first-order valence-corrected chi connectivity index (χ1v) is 6.28. The summed E-state index contributed by atoms with van der Waals surface area (Å²) >= 11 is 0. The van der Waals surface area contributed by atoms with Crippen LogP contribution >= 0.6 is 0 Å². The molecule has 0 aliphatic heterocycles. The summed E-state index contributed by atoms with van der Waals surface area (Å²) in [6.07, 6.45) is 5.30. The van der Waals surface area contributed by atoms with Crippen molar-refractivity contribution >= 4 is 0 Å². The van der Waals surface area contributed by atoms with Crippen LogP contribution in [0.5, 0.6) is 0 Å². The number of nitrogens with zero attached hydrogens (tertiary/aromatic N) is 2. The van der Waals surface area contributed by atoms with Gasteiger partial charge in [0.15, 0.2) is 0 Å². The number of quaternary nitrogens is 1. The van der Waals surface area contributed by atoms with Crippen molar-refractivity contribution in [1.29, 1.82) is 0 Å². The molecule has 1 radical (unpaired) electrons. The first-order valence-electron chi connectivity index (χ1n) is 6.28. The van der Waals surface area contributed by atoms with E-state index in [2.05, 4.69) is 54.0 Å². The standard InChI is InChI=1S/C7H18N.C6H15N.Y/c1-5-6-7-8(2,3)4;1-4-5-6-7(2)3;/h5-7H2,1-4H3;4-6H2,1-3H3;/q+1;;. The maximum atomic E-state index is 2.23. The molecule has 2 nitrogen and oxygen atoms in total. The topological polar surface area (TPSA) is 3.24 Å². The molecule has 0 saturated heterocycles. The summed E-state index contributed by atoms with van der Waals surface area (Å²) in [4.78, 5) is 2.21. The molecule has 0 bridgehead atoms. The van der Waals surface area contributed by atoms with Crippen LogP contribution in [0.1, 0.15) is 39.5 Å². The fourth-order valence-corrected chi connectivity index (χ4v) is 1.11. The Morgan fingerprint density at radius 1 is 0.875 bits per heavy atom. The van der Waals surface area contributed by atoms with Gasteiger partial charge in [-0.05, 0) is 33.5 Å². The van der Waals surface area contributed by atoms with Gasteiger partial charge in [0, 0.05) is 32.7 Å². The Morgan fingerprint density at radius 3 is 1.44 bits per heavy atom. The van der Waals surface area contributed by atoms with Crippen molar-refractivity contribution in [1.82, 2.24) is 4.90 Å². The SMILES string of the molecule is CCCCN(C)C.CCCC[N+](C)(C)C.[Y]. The molecular weight excluding hydrogens is 273 g/mol. The summed E-state index contributed by atoms with van der Waals surface area (Å²) in [6.45, 7) is 6.98. The van der Waals surface area contributed by atoms with Gasteiger partial charge in [-0.3, -0.25) is 0 Å². The van der Waals surface area contributed by atoms with E-state index >= 15 is 0 Å². The van der Waals surface area contributed by atoms with E-state index < -0.39 is 0 Å². The van der Waals surface area contributed by atoms with E-state index in [-0.39, 0.29) is 32.7 Å². The second-order valence-corrected chi connectivity index (χ2v) is 5.52. The summed E-state index contributed by atoms with van der Waals surface area (Å²) < 4.78 is 1.10. The van der Waals surface area contributed by atoms with Crippen LogP contribution in [0.15, 0.2) is 0 Å². The monoisotopic (exact) mass is 306 g/mol. The van der Waals surface area contributed by atoms with Gasteiger partial charge < -0.3 is 9.38 Å². The van der Waals surface area contributed by atoms with E-state index in [0.29, 0.717) is 0 Å². The summed E-state index contributed by atoms with van der Waals surface area (Å²) in [6, 6.07) is 0. The molecule has 0 rings (SSSR count). The van der Waals surface area contributed by atoms with Crippen LogP contribution in [0.2, 0.25) is 0 Å². The van der Waals surface area contributed by atoms with Crippen LogP contribution < -0.4 is 0 Å². The Labute approximate surface area is 129 Å². The maximum absolute atomic E-state index is 2.23. The molecule has 0 amide bonds. The Bertz CT molecular complexity index is 120. The van der Waals surface area contributed by atoms with Crippen LogP contribution in [0, 0.1) is 0 Å². The normalized spacial score (nSPS) is 10.5. The summed E-state index contributed by atoms with van der Waals surface area (Å²) in [5.41, 5.74) is 0. The van der Waals surface area contributed by atoms with Crippen molar-refractivity contribution in [3.8, 4) is 0 Å². The van der Waals surface area contributed by atoms with Gasteiger partial charge in [-0.1, -0.05) is 26.7 Å². The molecule has 0 heterocycles. The van der Waals surface area contributed by atoms with E-state index in [9.17, 15) is 0 Å². The van der Waals surface area contributed by atoms with Gasteiger partial charge in [0.05, 0.1) is 27.7 Å². The number of rotatable bonds is 6. The zero-order chi connectivity index (χ0) is 12.3. The number of hydrogen-bond acceptors (Lipinski definition) is 1. The van der Waals surface area contributed by atoms with Crippen LogP contribution in [-0.4, -0.2) is 57.7 Å². The van der Waals surface area contributed by atoms with Crippen LogP contribution in [0.4, 0.5) is 0 Å². The quantitative estimate of drug-likeness (QED) is 0.682. The molecule has 0 fully saturated rings. The molecule has 97 valence electrons. The molecule has 0 unspecified atom stereocenters. The third-order valence-corrected chi connectivity index (χ3v) is 2.14. The molecule has 0 aliphatic rings. The van der Waals surface area contributed by atoms with Crippen molar-refractivity contribution in [3.63, 3.8) is 0 Å². The van der Waals surface area contributed by atoms with Crippen LogP contribution in [0.25, 0.3) is 0 Å². The maximum Gasteiger partial charge on any atom is 0.0780 e. The summed E-state index contributed by atoms with van der Waals surface area (Å²) in [7, 11) is 10.9. The molecule has 0 aromatic rings. The third-order valence-electron chi connectivity index (χ3n) is 2.14. The zero-order valence-electron chi connectivity index (χ0n) is 12.7. The van der Waals surface area contributed by atoms with E-state index in [1.165, 1.54) is 38.8 Å². The smallest absolute Gasteiger partial charge is 0.0780 e. The van der Waals surface area contributed by atoms with Crippen molar-refractivity contribution in [2.45, 2.75) is 39.5 Å². The van der Waals surface area contributed by atoms with Gasteiger partial charge in [0.2, 0.25) is 0 Å². The molecule has 0 atom stereocenters. The first kappa shape index (κ1) is 22.2. The fraction of sp³-hybridized carbons (Fsp3) is 1.00. The Hall–Kier alpha value is 1.02. The zero-order valence-corrected chi connectivity index (χ0v) is 15.6.